The van der Waals surface area contributed by atoms with E-state index in [2.05, 4.69) is 25.3 Å². The second-order valence-electron chi connectivity index (χ2n) is 6.75. The molecule has 168 valence electrons. The fraction of sp³-hybridized carbons (Fsp3) is 0.136. The zero-order chi connectivity index (χ0) is 23.4. The van der Waals surface area contributed by atoms with E-state index in [1.165, 1.54) is 18.5 Å². The van der Waals surface area contributed by atoms with Crippen molar-refractivity contribution in [2.24, 2.45) is 0 Å². The van der Waals surface area contributed by atoms with E-state index in [1.54, 1.807) is 25.4 Å². The third kappa shape index (κ3) is 5.37. The molecule has 0 radical (unpaired) electrons. The van der Waals surface area contributed by atoms with Gasteiger partial charge in [-0.3, -0.25) is 4.79 Å². The topological polar surface area (TPSA) is 89.9 Å². The van der Waals surface area contributed by atoms with E-state index < -0.39 is 11.7 Å². The summed E-state index contributed by atoms with van der Waals surface area (Å²) >= 11 is 1.15. The molecular weight excluding hydrogens is 455 g/mol. The fourth-order valence-corrected chi connectivity index (χ4v) is 3.66. The van der Waals surface area contributed by atoms with Crippen LogP contribution in [0.4, 0.5) is 18.9 Å². The highest BCUT2D eigenvalue weighted by Crippen LogP contribution is 2.30. The zero-order valence-corrected chi connectivity index (χ0v) is 17.9. The molecule has 0 saturated carbocycles. The highest BCUT2D eigenvalue weighted by atomic mass is 32.2. The van der Waals surface area contributed by atoms with Crippen molar-refractivity contribution in [3.8, 4) is 17.1 Å². The van der Waals surface area contributed by atoms with Gasteiger partial charge in [0, 0.05) is 17.4 Å². The van der Waals surface area contributed by atoms with Crippen molar-refractivity contribution in [2.75, 3.05) is 18.2 Å². The maximum absolute atomic E-state index is 12.7. The highest BCUT2D eigenvalue weighted by Gasteiger charge is 2.30. The third-order valence-corrected chi connectivity index (χ3v) is 5.54. The van der Waals surface area contributed by atoms with Gasteiger partial charge in [0.15, 0.2) is 11.5 Å². The number of ether oxygens (including phenoxy) is 1. The molecule has 4 aromatic rings. The van der Waals surface area contributed by atoms with Crippen LogP contribution in [0.1, 0.15) is 5.56 Å². The summed E-state index contributed by atoms with van der Waals surface area (Å²) in [4.78, 5) is 29.5. The molecule has 0 aliphatic rings. The number of hydrogen-bond donors (Lipinski definition) is 1. The maximum atomic E-state index is 12.7. The second kappa shape index (κ2) is 9.41. The molecule has 0 spiro atoms. The standard InChI is InChI=1S/C22H16F3N5O2S/c1-32-16-8-2-13(3-9-16)19-26-10-17-20(30-19)27-12-28-21(17)33-11-18(31)29-15-6-4-14(5-7-15)22(23,24)25/h2-10,12H,11H2,1H3,(H,29,31). The molecule has 7 nitrogen and oxygen atoms in total. The molecular formula is C22H16F3N5O2S. The number of halogens is 3. The van der Waals surface area contributed by atoms with Gasteiger partial charge >= 0.3 is 6.18 Å². The molecule has 0 fully saturated rings. The van der Waals surface area contributed by atoms with Gasteiger partial charge in [-0.15, -0.1) is 0 Å². The van der Waals surface area contributed by atoms with E-state index in [0.29, 0.717) is 21.9 Å². The van der Waals surface area contributed by atoms with Crippen molar-refractivity contribution in [2.45, 2.75) is 11.2 Å². The Morgan fingerprint density at radius 2 is 1.76 bits per heavy atom. The first-order chi connectivity index (χ1) is 15.8. The minimum Gasteiger partial charge on any atom is -0.497 e. The minimum atomic E-state index is -4.43. The smallest absolute Gasteiger partial charge is 0.416 e. The van der Waals surface area contributed by atoms with E-state index in [4.69, 9.17) is 4.74 Å². The number of fused-ring (bicyclic) bond motifs is 1. The number of amides is 1. The largest absolute Gasteiger partial charge is 0.497 e. The zero-order valence-electron chi connectivity index (χ0n) is 17.1. The SMILES string of the molecule is COc1ccc(-c2ncc3c(SCC(=O)Nc4ccc(C(F)(F)F)cc4)ncnc3n2)cc1. The number of benzene rings is 2. The van der Waals surface area contributed by atoms with Crippen molar-refractivity contribution in [1.82, 2.24) is 19.9 Å². The number of carbonyl (C=O) groups is 1. The lowest BCUT2D eigenvalue weighted by molar-refractivity contribution is -0.137. The number of thioether (sulfide) groups is 1. The molecule has 4 rings (SSSR count). The summed E-state index contributed by atoms with van der Waals surface area (Å²) in [5.74, 6) is 0.810. The van der Waals surface area contributed by atoms with E-state index in [0.717, 1.165) is 35.2 Å². The van der Waals surface area contributed by atoms with Gasteiger partial charge in [-0.05, 0) is 48.5 Å². The number of rotatable bonds is 6. The average Bonchev–Trinajstić information content (AvgIpc) is 2.82. The van der Waals surface area contributed by atoms with Gasteiger partial charge in [0.1, 0.15) is 17.1 Å². The number of nitrogens with one attached hydrogen (secondary N) is 1. The molecule has 0 bridgehead atoms. The van der Waals surface area contributed by atoms with E-state index >= 15 is 0 Å². The monoisotopic (exact) mass is 471 g/mol. The molecule has 0 unspecified atom stereocenters. The Bertz CT molecular complexity index is 1280. The molecule has 33 heavy (non-hydrogen) atoms. The fourth-order valence-electron chi connectivity index (χ4n) is 2.90. The number of alkyl halides is 3. The molecule has 2 heterocycles. The Balaban J connectivity index is 1.44. The Labute approximate surface area is 190 Å². The minimum absolute atomic E-state index is 0.00658. The Morgan fingerprint density at radius 1 is 1.03 bits per heavy atom. The van der Waals surface area contributed by atoms with Gasteiger partial charge in [0.05, 0.1) is 23.8 Å². The van der Waals surface area contributed by atoms with Crippen molar-refractivity contribution in [1.29, 1.82) is 0 Å². The summed E-state index contributed by atoms with van der Waals surface area (Å²) in [7, 11) is 1.58. The maximum Gasteiger partial charge on any atom is 0.416 e. The van der Waals surface area contributed by atoms with Gasteiger partial charge in [-0.1, -0.05) is 11.8 Å². The molecule has 2 aromatic heterocycles. The number of aromatic nitrogens is 4. The molecule has 1 amide bonds. The first-order valence-electron chi connectivity index (χ1n) is 9.55. The highest BCUT2D eigenvalue weighted by molar-refractivity contribution is 8.00. The quantitative estimate of drug-likeness (QED) is 0.318. The van der Waals surface area contributed by atoms with Crippen molar-refractivity contribution in [3.05, 3.63) is 66.6 Å². The van der Waals surface area contributed by atoms with Crippen molar-refractivity contribution >= 4 is 34.4 Å². The lowest BCUT2D eigenvalue weighted by Crippen LogP contribution is -2.14. The lowest BCUT2D eigenvalue weighted by atomic mass is 10.2. The van der Waals surface area contributed by atoms with Crippen LogP contribution >= 0.6 is 11.8 Å². The van der Waals surface area contributed by atoms with E-state index in [-0.39, 0.29) is 17.3 Å². The normalized spacial score (nSPS) is 11.4. The van der Waals surface area contributed by atoms with Crippen molar-refractivity contribution < 1.29 is 22.7 Å². The summed E-state index contributed by atoms with van der Waals surface area (Å²) in [6.07, 6.45) is -1.48. The molecule has 0 aliphatic heterocycles. The van der Waals surface area contributed by atoms with Gasteiger partial charge in [0.2, 0.25) is 5.91 Å². The summed E-state index contributed by atoms with van der Waals surface area (Å²) in [6.45, 7) is 0. The number of methoxy groups -OCH3 is 1. The first kappa shape index (κ1) is 22.5. The van der Waals surface area contributed by atoms with Crippen LogP contribution in [0.2, 0.25) is 0 Å². The van der Waals surface area contributed by atoms with Gasteiger partial charge in [0.25, 0.3) is 0 Å². The third-order valence-electron chi connectivity index (χ3n) is 4.54. The number of nitrogens with zero attached hydrogens (tertiary/aromatic N) is 4. The summed E-state index contributed by atoms with van der Waals surface area (Å²) in [5.41, 5.74) is 0.711. The molecule has 1 N–H and O–H groups in total. The number of hydrogen-bond acceptors (Lipinski definition) is 7. The Hall–Kier alpha value is -3.73. The Morgan fingerprint density at radius 3 is 2.42 bits per heavy atom. The molecule has 2 aromatic carbocycles. The van der Waals surface area contributed by atoms with Crippen LogP contribution in [0.5, 0.6) is 5.75 Å². The first-order valence-corrected chi connectivity index (χ1v) is 10.5. The molecule has 11 heteroatoms. The number of anilines is 1. The van der Waals surface area contributed by atoms with Crippen LogP contribution in [0, 0.1) is 0 Å². The average molecular weight is 471 g/mol. The Kier molecular flexibility index (Phi) is 6.40. The summed E-state index contributed by atoms with van der Waals surface area (Å²) in [5, 5.41) is 3.67. The molecule has 0 aliphatic carbocycles. The van der Waals surface area contributed by atoms with Crippen LogP contribution in [0.15, 0.2) is 66.1 Å². The number of carbonyl (C=O) groups excluding carboxylic acids is 1. The van der Waals surface area contributed by atoms with E-state index in [1.807, 2.05) is 12.1 Å². The second-order valence-corrected chi connectivity index (χ2v) is 7.71. The van der Waals surface area contributed by atoms with Crippen LogP contribution in [0.3, 0.4) is 0 Å². The summed E-state index contributed by atoms with van der Waals surface area (Å²) < 4.78 is 43.1. The summed E-state index contributed by atoms with van der Waals surface area (Å²) in [6, 6.07) is 11.5. The predicted molar refractivity (Wildman–Crippen MR) is 118 cm³/mol. The molecule has 0 saturated heterocycles. The van der Waals surface area contributed by atoms with Crippen LogP contribution in [0.25, 0.3) is 22.4 Å². The van der Waals surface area contributed by atoms with Crippen LogP contribution in [-0.4, -0.2) is 38.7 Å². The van der Waals surface area contributed by atoms with Gasteiger partial charge in [-0.2, -0.15) is 13.2 Å². The predicted octanol–water partition coefficient (Wildman–Crippen LogP) is 4.85. The van der Waals surface area contributed by atoms with Crippen LogP contribution < -0.4 is 10.1 Å². The van der Waals surface area contributed by atoms with Crippen molar-refractivity contribution in [3.63, 3.8) is 0 Å². The van der Waals surface area contributed by atoms with Gasteiger partial charge in [-0.25, -0.2) is 19.9 Å². The van der Waals surface area contributed by atoms with Crippen LogP contribution in [-0.2, 0) is 11.0 Å². The van der Waals surface area contributed by atoms with Gasteiger partial charge < -0.3 is 10.1 Å². The van der Waals surface area contributed by atoms with E-state index in [9.17, 15) is 18.0 Å². The molecule has 0 atom stereocenters. The lowest BCUT2D eigenvalue weighted by Gasteiger charge is -2.09.